The van der Waals surface area contributed by atoms with E-state index in [2.05, 4.69) is 15.4 Å². The normalized spacial score (nSPS) is 17.4. The minimum Gasteiger partial charge on any atom is -0.380 e. The highest BCUT2D eigenvalue weighted by atomic mass is 32.2. The summed E-state index contributed by atoms with van der Waals surface area (Å²) in [5.74, 6) is -0.0441. The number of anilines is 2. The number of para-hydroxylation sites is 1. The summed E-state index contributed by atoms with van der Waals surface area (Å²) in [4.78, 5) is 12.1. The van der Waals surface area contributed by atoms with Gasteiger partial charge in [0.05, 0.1) is 16.3 Å². The van der Waals surface area contributed by atoms with Crippen molar-refractivity contribution in [2.75, 3.05) is 17.7 Å². The summed E-state index contributed by atoms with van der Waals surface area (Å²) in [7, 11) is -2.13. The third kappa shape index (κ3) is 3.13. The van der Waals surface area contributed by atoms with E-state index in [4.69, 9.17) is 0 Å². The van der Waals surface area contributed by atoms with Crippen LogP contribution in [0.5, 0.6) is 0 Å². The molecule has 0 aromatic heterocycles. The van der Waals surface area contributed by atoms with Crippen molar-refractivity contribution in [1.82, 2.24) is 4.72 Å². The van der Waals surface area contributed by atoms with Crippen LogP contribution in [-0.2, 0) is 14.8 Å². The molecule has 6 nitrogen and oxygen atoms in total. The number of nitrogens with one attached hydrogen (secondary N) is 3. The Bertz CT molecular complexity index is 894. The lowest BCUT2D eigenvalue weighted by Gasteiger charge is -2.17. The van der Waals surface area contributed by atoms with E-state index in [0.717, 1.165) is 16.8 Å². The van der Waals surface area contributed by atoms with Gasteiger partial charge in [0.25, 0.3) is 0 Å². The number of hydrogen-bond donors (Lipinski definition) is 3. The summed E-state index contributed by atoms with van der Waals surface area (Å²) >= 11 is 0. The Hall–Kier alpha value is -2.38. The molecular formula is C17H19N3O3S. The van der Waals surface area contributed by atoms with Crippen molar-refractivity contribution >= 4 is 27.3 Å². The molecule has 7 heteroatoms. The first-order valence-electron chi connectivity index (χ1n) is 7.64. The highest BCUT2D eigenvalue weighted by molar-refractivity contribution is 7.89. The van der Waals surface area contributed by atoms with Crippen LogP contribution in [-0.4, -0.2) is 27.4 Å². The van der Waals surface area contributed by atoms with Crippen LogP contribution in [0, 0.1) is 0 Å². The van der Waals surface area contributed by atoms with Gasteiger partial charge in [0.2, 0.25) is 15.9 Å². The lowest BCUT2D eigenvalue weighted by Crippen LogP contribution is -2.19. The molecule has 3 rings (SSSR count). The first kappa shape index (κ1) is 16.5. The lowest BCUT2D eigenvalue weighted by molar-refractivity contribution is -0.116. The topological polar surface area (TPSA) is 87.3 Å². The van der Waals surface area contributed by atoms with Gasteiger partial charge in [0, 0.05) is 18.0 Å². The average molecular weight is 345 g/mol. The van der Waals surface area contributed by atoms with Crippen molar-refractivity contribution in [2.24, 2.45) is 0 Å². The Morgan fingerprint density at radius 2 is 1.92 bits per heavy atom. The van der Waals surface area contributed by atoms with Crippen molar-refractivity contribution in [3.05, 3.63) is 42.5 Å². The molecule has 1 heterocycles. The molecule has 0 unspecified atom stereocenters. The molecule has 1 amide bonds. The highest BCUT2D eigenvalue weighted by Crippen LogP contribution is 2.37. The Kier molecular flexibility index (Phi) is 4.29. The van der Waals surface area contributed by atoms with E-state index < -0.39 is 10.0 Å². The zero-order chi connectivity index (χ0) is 17.3. The lowest BCUT2D eigenvalue weighted by atomic mass is 10.0. The monoisotopic (exact) mass is 345 g/mol. The second-order valence-electron chi connectivity index (χ2n) is 5.76. The smallest absolute Gasteiger partial charge is 0.240 e. The number of fused-ring (bicyclic) bond motifs is 1. The van der Waals surface area contributed by atoms with Crippen LogP contribution in [0.4, 0.5) is 11.4 Å². The minimum atomic E-state index is -3.52. The zero-order valence-electron chi connectivity index (χ0n) is 13.5. The standard InChI is InChI=1S/C17H19N3O3S/c1-11-9-16(21)20-15-8-4-7-14(17(15)19-11)12-5-3-6-13(10-12)24(22,23)18-2/h3-8,10-11,18-19H,9H2,1-2H3,(H,20,21)/t11-/m1/s1. The van der Waals surface area contributed by atoms with Gasteiger partial charge in [0.15, 0.2) is 0 Å². The third-order valence-electron chi connectivity index (χ3n) is 3.94. The SMILES string of the molecule is CNS(=O)(=O)c1cccc(-c2cccc3c2N[C@H](C)CC(=O)N3)c1. The first-order valence-corrected chi connectivity index (χ1v) is 9.12. The molecule has 0 aliphatic carbocycles. The summed E-state index contributed by atoms with van der Waals surface area (Å²) in [6.07, 6.45) is 0.377. The number of carbonyl (C=O) groups is 1. The Labute approximate surface area is 141 Å². The Morgan fingerprint density at radius 3 is 2.67 bits per heavy atom. The molecular weight excluding hydrogens is 326 g/mol. The van der Waals surface area contributed by atoms with Crippen molar-refractivity contribution < 1.29 is 13.2 Å². The van der Waals surface area contributed by atoms with Crippen LogP contribution in [0.2, 0.25) is 0 Å². The van der Waals surface area contributed by atoms with E-state index in [1.54, 1.807) is 18.2 Å². The maximum absolute atomic E-state index is 12.0. The van der Waals surface area contributed by atoms with Gasteiger partial charge in [-0.3, -0.25) is 4.79 Å². The zero-order valence-corrected chi connectivity index (χ0v) is 14.3. The van der Waals surface area contributed by atoms with Crippen LogP contribution >= 0.6 is 0 Å². The van der Waals surface area contributed by atoms with Crippen molar-refractivity contribution in [1.29, 1.82) is 0 Å². The maximum Gasteiger partial charge on any atom is 0.240 e. The van der Waals surface area contributed by atoms with E-state index in [1.165, 1.54) is 7.05 Å². The quantitative estimate of drug-likeness (QED) is 0.797. The number of hydrogen-bond acceptors (Lipinski definition) is 4. The molecule has 24 heavy (non-hydrogen) atoms. The fourth-order valence-electron chi connectivity index (χ4n) is 2.78. The number of rotatable bonds is 3. The van der Waals surface area contributed by atoms with E-state index >= 15 is 0 Å². The Morgan fingerprint density at radius 1 is 1.17 bits per heavy atom. The van der Waals surface area contributed by atoms with Gasteiger partial charge in [-0.1, -0.05) is 24.3 Å². The Balaban J connectivity index is 2.13. The predicted octanol–water partition coefficient (Wildman–Crippen LogP) is 2.40. The summed E-state index contributed by atoms with van der Waals surface area (Å²) in [6.45, 7) is 1.94. The predicted molar refractivity (Wildman–Crippen MR) is 94.5 cm³/mol. The van der Waals surface area contributed by atoms with Crippen molar-refractivity contribution in [3.8, 4) is 11.1 Å². The van der Waals surface area contributed by atoms with Gasteiger partial charge in [-0.05, 0) is 37.7 Å². The first-order chi connectivity index (χ1) is 11.4. The average Bonchev–Trinajstić information content (AvgIpc) is 2.70. The maximum atomic E-state index is 12.0. The molecule has 0 saturated carbocycles. The molecule has 0 spiro atoms. The summed E-state index contributed by atoms with van der Waals surface area (Å²) < 4.78 is 26.4. The van der Waals surface area contributed by atoms with Gasteiger partial charge >= 0.3 is 0 Å². The number of carbonyl (C=O) groups excluding carboxylic acids is 1. The van der Waals surface area contributed by atoms with Crippen LogP contribution in [0.3, 0.4) is 0 Å². The molecule has 1 atom stereocenters. The van der Waals surface area contributed by atoms with Crippen LogP contribution in [0.15, 0.2) is 47.4 Å². The molecule has 2 aromatic carbocycles. The van der Waals surface area contributed by atoms with E-state index in [0.29, 0.717) is 12.1 Å². The molecule has 0 saturated heterocycles. The molecule has 0 radical (unpaired) electrons. The molecule has 126 valence electrons. The molecule has 1 aliphatic rings. The van der Waals surface area contributed by atoms with Gasteiger partial charge in [-0.2, -0.15) is 0 Å². The van der Waals surface area contributed by atoms with Crippen LogP contribution < -0.4 is 15.4 Å². The van der Waals surface area contributed by atoms with Gasteiger partial charge < -0.3 is 10.6 Å². The summed E-state index contributed by atoms with van der Waals surface area (Å²) in [5.41, 5.74) is 3.10. The van der Waals surface area contributed by atoms with E-state index in [9.17, 15) is 13.2 Å². The van der Waals surface area contributed by atoms with Crippen LogP contribution in [0.25, 0.3) is 11.1 Å². The van der Waals surface area contributed by atoms with E-state index in [-0.39, 0.29) is 16.8 Å². The van der Waals surface area contributed by atoms with Gasteiger partial charge in [0.1, 0.15) is 0 Å². The largest absolute Gasteiger partial charge is 0.380 e. The van der Waals surface area contributed by atoms with Crippen molar-refractivity contribution in [2.45, 2.75) is 24.3 Å². The number of benzene rings is 2. The van der Waals surface area contributed by atoms with E-state index in [1.807, 2.05) is 31.2 Å². The second-order valence-corrected chi connectivity index (χ2v) is 7.65. The molecule has 0 bridgehead atoms. The fourth-order valence-corrected chi connectivity index (χ4v) is 3.55. The molecule has 2 aromatic rings. The van der Waals surface area contributed by atoms with Crippen molar-refractivity contribution in [3.63, 3.8) is 0 Å². The molecule has 0 fully saturated rings. The number of sulfonamides is 1. The summed E-state index contributed by atoms with van der Waals surface area (Å²) in [6, 6.07) is 12.3. The van der Waals surface area contributed by atoms with Gasteiger partial charge in [-0.15, -0.1) is 0 Å². The van der Waals surface area contributed by atoms with Crippen LogP contribution in [0.1, 0.15) is 13.3 Å². The highest BCUT2D eigenvalue weighted by Gasteiger charge is 2.21. The third-order valence-corrected chi connectivity index (χ3v) is 5.36. The summed E-state index contributed by atoms with van der Waals surface area (Å²) in [5, 5.41) is 6.23. The second kappa shape index (κ2) is 6.26. The fraction of sp³-hybridized carbons (Fsp3) is 0.235. The molecule has 1 aliphatic heterocycles. The molecule has 3 N–H and O–H groups in total. The minimum absolute atomic E-state index is 0.0170. The number of amides is 1. The van der Waals surface area contributed by atoms with Gasteiger partial charge in [-0.25, -0.2) is 13.1 Å².